The summed E-state index contributed by atoms with van der Waals surface area (Å²) in [5.41, 5.74) is 0.972. The van der Waals surface area contributed by atoms with Crippen molar-refractivity contribution < 1.29 is 4.79 Å². The van der Waals surface area contributed by atoms with Crippen LogP contribution in [0.15, 0.2) is 42.5 Å². The predicted octanol–water partition coefficient (Wildman–Crippen LogP) is 3.80. The molecule has 0 aliphatic carbocycles. The second-order valence-corrected chi connectivity index (χ2v) is 5.90. The Morgan fingerprint density at radius 1 is 1.05 bits per heavy atom. The molecule has 0 aliphatic rings. The Kier molecular flexibility index (Phi) is 5.20. The second kappa shape index (κ2) is 7.11. The first-order valence-corrected chi connectivity index (χ1v) is 7.59. The molecule has 0 radical (unpaired) electrons. The van der Waals surface area contributed by atoms with Crippen LogP contribution in [0.2, 0.25) is 0 Å². The molecule has 2 N–H and O–H groups in total. The maximum Gasteiger partial charge on any atom is 0.242 e. The maximum absolute atomic E-state index is 12.0. The lowest BCUT2D eigenvalue weighted by Crippen LogP contribution is -2.38. The highest BCUT2D eigenvalue weighted by Gasteiger charge is 2.12. The van der Waals surface area contributed by atoms with E-state index in [1.54, 1.807) is 0 Å². The number of nitrogens with one attached hydrogen (secondary N) is 2. The third kappa shape index (κ3) is 4.48. The number of fused-ring (bicyclic) bond motifs is 1. The number of carbonyl (C=O) groups excluding carboxylic acids is 1. The minimum absolute atomic E-state index is 0.0452. The van der Waals surface area contributed by atoms with Crippen LogP contribution >= 0.6 is 0 Å². The van der Waals surface area contributed by atoms with Crippen molar-refractivity contribution in [3.63, 3.8) is 0 Å². The summed E-state index contributed by atoms with van der Waals surface area (Å²) < 4.78 is 0. The quantitative estimate of drug-likeness (QED) is 0.847. The Hall–Kier alpha value is -2.03. The monoisotopic (exact) mass is 284 g/mol. The van der Waals surface area contributed by atoms with Crippen molar-refractivity contribution in [2.75, 3.05) is 11.9 Å². The van der Waals surface area contributed by atoms with Crippen molar-refractivity contribution in [2.45, 2.75) is 33.2 Å². The first-order chi connectivity index (χ1) is 10.1. The van der Waals surface area contributed by atoms with E-state index in [2.05, 4.69) is 48.7 Å². The van der Waals surface area contributed by atoms with Crippen LogP contribution in [0.5, 0.6) is 0 Å². The van der Waals surface area contributed by atoms with Crippen LogP contribution in [0.25, 0.3) is 10.8 Å². The summed E-state index contributed by atoms with van der Waals surface area (Å²) in [6.07, 6.45) is 1.01. The normalized spacial score (nSPS) is 12.4. The number of hydrogen-bond acceptors (Lipinski definition) is 2. The third-order valence-electron chi connectivity index (χ3n) is 3.55. The van der Waals surface area contributed by atoms with Crippen LogP contribution in [0, 0.1) is 5.92 Å². The summed E-state index contributed by atoms with van der Waals surface area (Å²) in [5, 5.41) is 8.61. The van der Waals surface area contributed by atoms with E-state index in [0.717, 1.165) is 18.7 Å². The van der Waals surface area contributed by atoms with Gasteiger partial charge in [0.15, 0.2) is 0 Å². The second-order valence-electron chi connectivity index (χ2n) is 5.90. The molecule has 112 valence electrons. The molecular weight excluding hydrogens is 260 g/mol. The van der Waals surface area contributed by atoms with E-state index in [1.807, 2.05) is 25.1 Å². The van der Waals surface area contributed by atoms with Crippen molar-refractivity contribution in [3.05, 3.63) is 42.5 Å². The van der Waals surface area contributed by atoms with Crippen LogP contribution in [-0.4, -0.2) is 18.5 Å². The molecule has 0 saturated carbocycles. The Bertz CT molecular complexity index is 607. The van der Waals surface area contributed by atoms with Gasteiger partial charge in [0.1, 0.15) is 6.04 Å². The summed E-state index contributed by atoms with van der Waals surface area (Å²) in [6, 6.07) is 14.1. The lowest BCUT2D eigenvalue weighted by molar-refractivity contribution is -0.121. The topological polar surface area (TPSA) is 41.1 Å². The van der Waals surface area contributed by atoms with E-state index in [-0.39, 0.29) is 11.9 Å². The van der Waals surface area contributed by atoms with Gasteiger partial charge < -0.3 is 10.6 Å². The van der Waals surface area contributed by atoms with Gasteiger partial charge in [0.2, 0.25) is 5.91 Å². The average molecular weight is 284 g/mol. The van der Waals surface area contributed by atoms with Gasteiger partial charge in [-0.05, 0) is 42.2 Å². The van der Waals surface area contributed by atoms with Crippen LogP contribution in [0.3, 0.4) is 0 Å². The molecule has 0 aromatic heterocycles. The van der Waals surface area contributed by atoms with Gasteiger partial charge in [-0.3, -0.25) is 4.79 Å². The van der Waals surface area contributed by atoms with Crippen molar-refractivity contribution in [1.29, 1.82) is 0 Å². The number of rotatable bonds is 6. The van der Waals surface area contributed by atoms with Crippen LogP contribution < -0.4 is 10.6 Å². The summed E-state index contributed by atoms with van der Waals surface area (Å²) in [4.78, 5) is 12.0. The SMILES string of the molecule is CC(C)CCNC(=O)C(C)Nc1ccc2ccccc2c1. The Morgan fingerprint density at radius 2 is 1.76 bits per heavy atom. The molecule has 21 heavy (non-hydrogen) atoms. The number of benzene rings is 2. The van der Waals surface area contributed by atoms with Gasteiger partial charge in [0.25, 0.3) is 0 Å². The standard InChI is InChI=1S/C18H24N2O/c1-13(2)10-11-19-18(21)14(3)20-17-9-8-15-6-4-5-7-16(15)12-17/h4-9,12-14,20H,10-11H2,1-3H3,(H,19,21). The lowest BCUT2D eigenvalue weighted by atomic mass is 10.1. The number of hydrogen-bond donors (Lipinski definition) is 2. The highest BCUT2D eigenvalue weighted by Crippen LogP contribution is 2.19. The highest BCUT2D eigenvalue weighted by atomic mass is 16.2. The molecule has 2 aromatic carbocycles. The summed E-state index contributed by atoms with van der Waals surface area (Å²) in [7, 11) is 0. The van der Waals surface area contributed by atoms with Crippen molar-refractivity contribution >= 4 is 22.4 Å². The van der Waals surface area contributed by atoms with E-state index in [9.17, 15) is 4.79 Å². The zero-order valence-electron chi connectivity index (χ0n) is 13.0. The first-order valence-electron chi connectivity index (χ1n) is 7.59. The summed E-state index contributed by atoms with van der Waals surface area (Å²) >= 11 is 0. The summed E-state index contributed by atoms with van der Waals surface area (Å²) in [5.74, 6) is 0.651. The molecule has 3 nitrogen and oxygen atoms in total. The number of amides is 1. The highest BCUT2D eigenvalue weighted by molar-refractivity contribution is 5.88. The van der Waals surface area contributed by atoms with E-state index < -0.39 is 0 Å². The van der Waals surface area contributed by atoms with Gasteiger partial charge in [-0.2, -0.15) is 0 Å². The van der Waals surface area contributed by atoms with Gasteiger partial charge >= 0.3 is 0 Å². The van der Waals surface area contributed by atoms with Gasteiger partial charge in [-0.25, -0.2) is 0 Å². The third-order valence-corrected chi connectivity index (χ3v) is 3.55. The molecule has 1 atom stereocenters. The Balaban J connectivity index is 1.94. The predicted molar refractivity (Wildman–Crippen MR) is 89.5 cm³/mol. The summed E-state index contributed by atoms with van der Waals surface area (Å²) in [6.45, 7) is 6.94. The Labute approximate surface area is 126 Å². The van der Waals surface area contributed by atoms with Crippen molar-refractivity contribution in [2.24, 2.45) is 5.92 Å². The van der Waals surface area contributed by atoms with Gasteiger partial charge in [-0.1, -0.05) is 44.2 Å². The van der Waals surface area contributed by atoms with Crippen LogP contribution in [-0.2, 0) is 4.79 Å². The smallest absolute Gasteiger partial charge is 0.242 e. The molecule has 0 spiro atoms. The molecule has 0 aliphatic heterocycles. The molecule has 1 amide bonds. The number of anilines is 1. The van der Waals surface area contributed by atoms with Crippen molar-refractivity contribution in [3.8, 4) is 0 Å². The molecule has 0 heterocycles. The zero-order chi connectivity index (χ0) is 15.2. The Morgan fingerprint density at radius 3 is 2.48 bits per heavy atom. The molecule has 1 unspecified atom stereocenters. The van der Waals surface area contributed by atoms with Crippen molar-refractivity contribution in [1.82, 2.24) is 5.32 Å². The fourth-order valence-corrected chi connectivity index (χ4v) is 2.23. The fourth-order valence-electron chi connectivity index (χ4n) is 2.23. The maximum atomic E-state index is 12.0. The average Bonchev–Trinajstić information content (AvgIpc) is 2.46. The van der Waals surface area contributed by atoms with Gasteiger partial charge in [-0.15, -0.1) is 0 Å². The first kappa shape index (κ1) is 15.4. The van der Waals surface area contributed by atoms with Crippen LogP contribution in [0.1, 0.15) is 27.2 Å². The molecular formula is C18H24N2O. The zero-order valence-corrected chi connectivity index (χ0v) is 13.0. The van der Waals surface area contributed by atoms with E-state index in [4.69, 9.17) is 0 Å². The van der Waals surface area contributed by atoms with E-state index >= 15 is 0 Å². The van der Waals surface area contributed by atoms with E-state index in [0.29, 0.717) is 5.92 Å². The number of carbonyl (C=O) groups is 1. The molecule has 0 fully saturated rings. The molecule has 2 aromatic rings. The van der Waals surface area contributed by atoms with Gasteiger partial charge in [0, 0.05) is 12.2 Å². The lowest BCUT2D eigenvalue weighted by Gasteiger charge is -2.16. The van der Waals surface area contributed by atoms with Crippen LogP contribution in [0.4, 0.5) is 5.69 Å². The van der Waals surface area contributed by atoms with E-state index in [1.165, 1.54) is 10.8 Å². The molecule has 2 rings (SSSR count). The molecule has 3 heteroatoms. The minimum Gasteiger partial charge on any atom is -0.374 e. The fraction of sp³-hybridized carbons (Fsp3) is 0.389. The van der Waals surface area contributed by atoms with Gasteiger partial charge in [0.05, 0.1) is 0 Å². The molecule has 0 saturated heterocycles. The minimum atomic E-state index is -0.238. The molecule has 0 bridgehead atoms. The largest absolute Gasteiger partial charge is 0.374 e.